The molecule has 5 nitrogen and oxygen atoms in total. The van der Waals surface area contributed by atoms with Gasteiger partial charge in [-0.05, 0) is 48.9 Å². The van der Waals surface area contributed by atoms with Gasteiger partial charge in [-0.3, -0.25) is 10.1 Å². The largest absolute Gasteiger partial charge is 0.484 e. The van der Waals surface area contributed by atoms with Gasteiger partial charge in [0.15, 0.2) is 10.9 Å². The van der Waals surface area contributed by atoms with Crippen LogP contribution in [0.3, 0.4) is 0 Å². The van der Waals surface area contributed by atoms with E-state index in [1.807, 2.05) is 25.1 Å². The molecule has 2 heterocycles. The Labute approximate surface area is 174 Å². The molecule has 0 unspecified atom stereocenters. The zero-order valence-corrected chi connectivity index (χ0v) is 17.0. The van der Waals surface area contributed by atoms with E-state index < -0.39 is 0 Å². The molecule has 0 saturated heterocycles. The number of hydrogen-bond acceptors (Lipinski definition) is 5. The Balaban J connectivity index is 1.42. The topological polar surface area (TPSA) is 64.4 Å². The van der Waals surface area contributed by atoms with Crippen molar-refractivity contribution in [3.63, 3.8) is 0 Å². The first-order chi connectivity index (χ1) is 13.5. The second-order valence-corrected chi connectivity index (χ2v) is 7.87. The first-order valence-corrected chi connectivity index (χ1v) is 9.91. The maximum Gasteiger partial charge on any atom is 0.293 e. The lowest BCUT2D eigenvalue weighted by Crippen LogP contribution is -2.10. The smallest absolute Gasteiger partial charge is 0.293 e. The van der Waals surface area contributed by atoms with E-state index in [0.717, 1.165) is 15.8 Å². The van der Waals surface area contributed by atoms with Gasteiger partial charge in [-0.15, -0.1) is 0 Å². The third kappa shape index (κ3) is 3.99. The summed E-state index contributed by atoms with van der Waals surface area (Å²) in [6.07, 6.45) is 0. The number of amides is 1. The number of anilines is 1. The number of ether oxygens (including phenoxy) is 1. The number of aryl methyl sites for hydroxylation is 1. The van der Waals surface area contributed by atoms with Crippen molar-refractivity contribution in [3.05, 3.63) is 75.7 Å². The molecule has 1 N–H and O–H groups in total. The molecule has 0 fully saturated rings. The van der Waals surface area contributed by atoms with Crippen LogP contribution in [0.4, 0.5) is 5.13 Å². The lowest BCUT2D eigenvalue weighted by atomic mass is 10.2. The van der Waals surface area contributed by atoms with Crippen LogP contribution in [-0.2, 0) is 6.61 Å². The summed E-state index contributed by atoms with van der Waals surface area (Å²) in [6, 6.07) is 14.3. The molecule has 4 rings (SSSR count). The second-order valence-electron chi connectivity index (χ2n) is 6.05. The predicted octanol–water partition coefficient (Wildman–Crippen LogP) is 6.34. The maximum absolute atomic E-state index is 12.4. The Morgan fingerprint density at radius 2 is 2.07 bits per heavy atom. The van der Waals surface area contributed by atoms with Gasteiger partial charge >= 0.3 is 0 Å². The molecule has 1 amide bonds. The van der Waals surface area contributed by atoms with Crippen LogP contribution in [0.1, 0.15) is 21.9 Å². The minimum absolute atomic E-state index is 0.119. The summed E-state index contributed by atoms with van der Waals surface area (Å²) < 4.78 is 12.2. The number of halogens is 2. The van der Waals surface area contributed by atoms with Crippen LogP contribution in [0.25, 0.3) is 10.2 Å². The molecule has 2 aromatic heterocycles. The van der Waals surface area contributed by atoms with Gasteiger partial charge in [-0.1, -0.05) is 46.7 Å². The zero-order chi connectivity index (χ0) is 19.7. The van der Waals surface area contributed by atoms with Gasteiger partial charge in [-0.2, -0.15) is 0 Å². The number of carbonyl (C=O) groups is 1. The molecule has 0 radical (unpaired) electrons. The zero-order valence-electron chi connectivity index (χ0n) is 14.7. The third-order valence-electron chi connectivity index (χ3n) is 3.94. The number of nitrogens with one attached hydrogen (secondary N) is 1. The van der Waals surface area contributed by atoms with Crippen molar-refractivity contribution in [1.29, 1.82) is 0 Å². The number of aromatic nitrogens is 1. The van der Waals surface area contributed by atoms with Gasteiger partial charge in [0.25, 0.3) is 5.91 Å². The minimum atomic E-state index is -0.372. The van der Waals surface area contributed by atoms with Crippen LogP contribution in [0, 0.1) is 6.92 Å². The van der Waals surface area contributed by atoms with Gasteiger partial charge in [0.2, 0.25) is 0 Å². The Morgan fingerprint density at radius 3 is 2.93 bits per heavy atom. The van der Waals surface area contributed by atoms with E-state index in [4.69, 9.17) is 32.4 Å². The number of nitrogens with zero attached hydrogens (tertiary/aromatic N) is 1. The van der Waals surface area contributed by atoms with Crippen molar-refractivity contribution in [3.8, 4) is 5.75 Å². The monoisotopic (exact) mass is 432 g/mol. The molecule has 4 aromatic rings. The molecule has 0 spiro atoms. The predicted molar refractivity (Wildman–Crippen MR) is 112 cm³/mol. The van der Waals surface area contributed by atoms with Crippen molar-refractivity contribution in [2.24, 2.45) is 0 Å². The highest BCUT2D eigenvalue weighted by atomic mass is 35.5. The average molecular weight is 433 g/mol. The molecule has 8 heteroatoms. The van der Waals surface area contributed by atoms with E-state index >= 15 is 0 Å². The summed E-state index contributed by atoms with van der Waals surface area (Å²) in [7, 11) is 0. The maximum atomic E-state index is 12.4. The highest BCUT2D eigenvalue weighted by molar-refractivity contribution is 7.22. The SMILES string of the molecule is Cc1ccc2nc(NC(=O)c3ccc(COc4cccc(Cl)c4Cl)o3)sc2c1. The van der Waals surface area contributed by atoms with Crippen molar-refractivity contribution >= 4 is 55.8 Å². The molecule has 28 heavy (non-hydrogen) atoms. The molecule has 0 aliphatic heterocycles. The Bertz CT molecular complexity index is 1170. The molecular weight excluding hydrogens is 419 g/mol. The summed E-state index contributed by atoms with van der Waals surface area (Å²) in [5.41, 5.74) is 1.99. The van der Waals surface area contributed by atoms with Gasteiger partial charge in [-0.25, -0.2) is 4.98 Å². The molecule has 142 valence electrons. The molecule has 0 bridgehead atoms. The van der Waals surface area contributed by atoms with Crippen molar-refractivity contribution < 1.29 is 13.9 Å². The van der Waals surface area contributed by atoms with E-state index in [0.29, 0.717) is 26.7 Å². The van der Waals surface area contributed by atoms with Gasteiger partial charge in [0.05, 0.1) is 15.2 Å². The standard InChI is InChI=1S/C20H14Cl2N2O3S/c1-11-5-7-14-17(9-11)28-20(23-14)24-19(25)16-8-6-12(27-16)10-26-15-4-2-3-13(21)18(15)22/h2-9H,10H2,1H3,(H,23,24,25). The average Bonchev–Trinajstić information content (AvgIpc) is 3.29. The van der Waals surface area contributed by atoms with Crippen LogP contribution in [0.15, 0.2) is 52.9 Å². The quantitative estimate of drug-likeness (QED) is 0.399. The highest BCUT2D eigenvalue weighted by Gasteiger charge is 2.15. The Kier molecular flexibility index (Phi) is 5.26. The van der Waals surface area contributed by atoms with Crippen molar-refractivity contribution in [1.82, 2.24) is 4.98 Å². The van der Waals surface area contributed by atoms with E-state index in [1.54, 1.807) is 30.3 Å². The van der Waals surface area contributed by atoms with Crippen molar-refractivity contribution in [2.75, 3.05) is 5.32 Å². The van der Waals surface area contributed by atoms with Gasteiger partial charge < -0.3 is 9.15 Å². The highest BCUT2D eigenvalue weighted by Crippen LogP contribution is 2.32. The van der Waals surface area contributed by atoms with E-state index in [-0.39, 0.29) is 18.3 Å². The molecule has 0 atom stereocenters. The second kappa shape index (κ2) is 7.83. The molecule has 0 aliphatic rings. The fourth-order valence-corrected chi connectivity index (χ4v) is 3.87. The normalized spacial score (nSPS) is 11.0. The van der Waals surface area contributed by atoms with Crippen LogP contribution in [0.2, 0.25) is 10.0 Å². The number of thiazole rings is 1. The number of rotatable bonds is 5. The third-order valence-corrected chi connectivity index (χ3v) is 5.67. The number of hydrogen-bond donors (Lipinski definition) is 1. The lowest BCUT2D eigenvalue weighted by Gasteiger charge is -2.07. The summed E-state index contributed by atoms with van der Waals surface area (Å²) >= 11 is 13.5. The first kappa shape index (κ1) is 18.8. The van der Waals surface area contributed by atoms with Crippen molar-refractivity contribution in [2.45, 2.75) is 13.5 Å². The summed E-state index contributed by atoms with van der Waals surface area (Å²) in [4.78, 5) is 16.8. The number of benzene rings is 2. The van der Waals surface area contributed by atoms with Crippen LogP contribution in [0.5, 0.6) is 5.75 Å². The van der Waals surface area contributed by atoms with Gasteiger partial charge in [0, 0.05) is 0 Å². The Hall–Kier alpha value is -2.54. The number of fused-ring (bicyclic) bond motifs is 1. The summed E-state index contributed by atoms with van der Waals surface area (Å²) in [5, 5.41) is 4.03. The Morgan fingerprint density at radius 1 is 1.21 bits per heavy atom. The molecule has 2 aromatic carbocycles. The van der Waals surface area contributed by atoms with Crippen LogP contribution >= 0.6 is 34.5 Å². The van der Waals surface area contributed by atoms with E-state index in [2.05, 4.69) is 10.3 Å². The molecule has 0 saturated carbocycles. The van der Waals surface area contributed by atoms with Crippen LogP contribution < -0.4 is 10.1 Å². The minimum Gasteiger partial charge on any atom is -0.484 e. The number of carbonyl (C=O) groups excluding carboxylic acids is 1. The molecular formula is C20H14Cl2N2O3S. The van der Waals surface area contributed by atoms with E-state index in [9.17, 15) is 4.79 Å². The fourth-order valence-electron chi connectivity index (χ4n) is 2.57. The summed E-state index contributed by atoms with van der Waals surface area (Å²) in [5.74, 6) is 0.733. The molecule has 0 aliphatic carbocycles. The van der Waals surface area contributed by atoms with Crippen LogP contribution in [-0.4, -0.2) is 10.9 Å². The summed E-state index contributed by atoms with van der Waals surface area (Å²) in [6.45, 7) is 2.13. The van der Waals surface area contributed by atoms with Gasteiger partial charge in [0.1, 0.15) is 23.1 Å². The lowest BCUT2D eigenvalue weighted by molar-refractivity contribution is 0.0992. The fraction of sp³-hybridized carbons (Fsp3) is 0.100. The first-order valence-electron chi connectivity index (χ1n) is 8.33. The number of furan rings is 1. The van der Waals surface area contributed by atoms with E-state index in [1.165, 1.54) is 11.3 Å².